The second-order valence-corrected chi connectivity index (χ2v) is 7.63. The van der Waals surface area contributed by atoms with Gasteiger partial charge in [0.1, 0.15) is 0 Å². The van der Waals surface area contributed by atoms with Crippen molar-refractivity contribution < 1.29 is 4.79 Å². The Hall–Kier alpha value is -3.73. The van der Waals surface area contributed by atoms with E-state index in [4.69, 9.17) is 0 Å². The molecule has 3 aromatic carbocycles. The van der Waals surface area contributed by atoms with Crippen molar-refractivity contribution in [2.75, 3.05) is 5.32 Å². The molecule has 0 bridgehead atoms. The van der Waals surface area contributed by atoms with Gasteiger partial charge in [0.15, 0.2) is 5.82 Å². The molecule has 4 aromatic rings. The average Bonchev–Trinajstić information content (AvgIpc) is 3.16. The summed E-state index contributed by atoms with van der Waals surface area (Å²) in [7, 11) is 0. The standard InChI is InChI=1S/C25H24N4O/c1-16-7-5-9-20(13-16)24-27-23(25(30)26-21-10-6-8-17(2)14-21)28-29(24)22-12-11-18(3)19(4)15-22/h5-15H,1-4H3,(H,26,30). The molecule has 0 radical (unpaired) electrons. The number of nitrogens with zero attached hydrogens (tertiary/aromatic N) is 3. The number of aromatic nitrogens is 3. The molecule has 0 unspecified atom stereocenters. The molecule has 0 saturated carbocycles. The second-order valence-electron chi connectivity index (χ2n) is 7.63. The number of aryl methyl sites for hydroxylation is 4. The maximum Gasteiger partial charge on any atom is 0.295 e. The Morgan fingerprint density at radius 2 is 1.57 bits per heavy atom. The van der Waals surface area contributed by atoms with Crippen molar-refractivity contribution in [3.05, 3.63) is 94.8 Å². The molecule has 0 spiro atoms. The molecule has 5 heteroatoms. The lowest BCUT2D eigenvalue weighted by Crippen LogP contribution is -2.14. The Balaban J connectivity index is 1.79. The third-order valence-electron chi connectivity index (χ3n) is 5.10. The lowest BCUT2D eigenvalue weighted by Gasteiger charge is -2.09. The summed E-state index contributed by atoms with van der Waals surface area (Å²) >= 11 is 0. The summed E-state index contributed by atoms with van der Waals surface area (Å²) in [6.45, 7) is 8.15. The molecule has 4 rings (SSSR count). The first-order chi connectivity index (χ1) is 14.4. The first kappa shape index (κ1) is 19.6. The van der Waals surface area contributed by atoms with Gasteiger partial charge >= 0.3 is 0 Å². The largest absolute Gasteiger partial charge is 0.319 e. The number of hydrogen-bond donors (Lipinski definition) is 1. The summed E-state index contributed by atoms with van der Waals surface area (Å²) in [6, 6.07) is 21.8. The molecular formula is C25H24N4O. The Labute approximate surface area is 176 Å². The Bertz CT molecular complexity index is 1240. The lowest BCUT2D eigenvalue weighted by molar-refractivity contribution is 0.101. The van der Waals surface area contributed by atoms with Gasteiger partial charge in [-0.2, -0.15) is 0 Å². The van der Waals surface area contributed by atoms with Crippen LogP contribution < -0.4 is 5.32 Å². The number of amides is 1. The van der Waals surface area contributed by atoms with Crippen molar-refractivity contribution in [1.82, 2.24) is 14.8 Å². The molecule has 0 atom stereocenters. The zero-order valence-corrected chi connectivity index (χ0v) is 17.6. The normalized spacial score (nSPS) is 10.8. The molecule has 1 amide bonds. The zero-order chi connectivity index (χ0) is 21.3. The van der Waals surface area contributed by atoms with Crippen LogP contribution in [0.1, 0.15) is 32.9 Å². The fourth-order valence-corrected chi connectivity index (χ4v) is 3.33. The highest BCUT2D eigenvalue weighted by molar-refractivity contribution is 6.01. The van der Waals surface area contributed by atoms with Crippen LogP contribution in [0.25, 0.3) is 17.1 Å². The zero-order valence-electron chi connectivity index (χ0n) is 17.6. The van der Waals surface area contributed by atoms with Crippen LogP contribution in [-0.2, 0) is 0 Å². The van der Waals surface area contributed by atoms with Gasteiger partial charge in [0.05, 0.1) is 5.69 Å². The van der Waals surface area contributed by atoms with E-state index in [0.29, 0.717) is 5.82 Å². The van der Waals surface area contributed by atoms with E-state index in [1.807, 2.05) is 68.4 Å². The third-order valence-corrected chi connectivity index (χ3v) is 5.10. The minimum Gasteiger partial charge on any atom is -0.319 e. The number of carbonyl (C=O) groups excluding carboxylic acids is 1. The highest BCUT2D eigenvalue weighted by Gasteiger charge is 2.19. The fraction of sp³-hybridized carbons (Fsp3) is 0.160. The minimum atomic E-state index is -0.336. The van der Waals surface area contributed by atoms with Crippen LogP contribution in [0.5, 0.6) is 0 Å². The van der Waals surface area contributed by atoms with Crippen LogP contribution in [0.4, 0.5) is 5.69 Å². The summed E-state index contributed by atoms with van der Waals surface area (Å²) < 4.78 is 1.74. The van der Waals surface area contributed by atoms with E-state index in [1.54, 1.807) is 4.68 Å². The number of hydrogen-bond acceptors (Lipinski definition) is 3. The van der Waals surface area contributed by atoms with Crippen molar-refractivity contribution in [1.29, 1.82) is 0 Å². The van der Waals surface area contributed by atoms with E-state index in [0.717, 1.165) is 33.6 Å². The van der Waals surface area contributed by atoms with Crippen molar-refractivity contribution in [2.24, 2.45) is 0 Å². The van der Waals surface area contributed by atoms with Crippen molar-refractivity contribution >= 4 is 11.6 Å². The fourth-order valence-electron chi connectivity index (χ4n) is 3.33. The summed E-state index contributed by atoms with van der Waals surface area (Å²) in [4.78, 5) is 17.5. The van der Waals surface area contributed by atoms with E-state index in [9.17, 15) is 4.79 Å². The molecule has 1 aromatic heterocycles. The van der Waals surface area contributed by atoms with Gasteiger partial charge in [-0.3, -0.25) is 4.79 Å². The number of nitrogens with one attached hydrogen (secondary N) is 1. The summed E-state index contributed by atoms with van der Waals surface area (Å²) in [5, 5.41) is 7.47. The Morgan fingerprint density at radius 3 is 2.27 bits per heavy atom. The van der Waals surface area contributed by atoms with Crippen molar-refractivity contribution in [3.63, 3.8) is 0 Å². The molecule has 0 aliphatic rings. The second kappa shape index (κ2) is 7.95. The van der Waals surface area contributed by atoms with Crippen LogP contribution in [-0.4, -0.2) is 20.7 Å². The van der Waals surface area contributed by atoms with Crippen molar-refractivity contribution in [2.45, 2.75) is 27.7 Å². The lowest BCUT2D eigenvalue weighted by atomic mass is 10.1. The Kier molecular flexibility index (Phi) is 5.19. The first-order valence-electron chi connectivity index (χ1n) is 9.90. The quantitative estimate of drug-likeness (QED) is 0.501. The average molecular weight is 396 g/mol. The molecule has 5 nitrogen and oxygen atoms in total. The molecular weight excluding hydrogens is 372 g/mol. The molecule has 0 aliphatic heterocycles. The molecule has 0 aliphatic carbocycles. The molecule has 30 heavy (non-hydrogen) atoms. The van der Waals surface area contributed by atoms with Crippen LogP contribution >= 0.6 is 0 Å². The molecule has 0 fully saturated rings. The maximum absolute atomic E-state index is 12.9. The van der Waals surface area contributed by atoms with E-state index in [1.165, 1.54) is 5.56 Å². The predicted octanol–water partition coefficient (Wildman–Crippen LogP) is 5.42. The van der Waals surface area contributed by atoms with Gasteiger partial charge < -0.3 is 5.32 Å². The van der Waals surface area contributed by atoms with E-state index in [2.05, 4.69) is 41.4 Å². The number of anilines is 1. The molecule has 150 valence electrons. The number of carbonyl (C=O) groups is 1. The molecule has 0 saturated heterocycles. The van der Waals surface area contributed by atoms with Gasteiger partial charge in [-0.1, -0.05) is 42.0 Å². The number of rotatable bonds is 4. The van der Waals surface area contributed by atoms with Gasteiger partial charge in [0, 0.05) is 11.3 Å². The van der Waals surface area contributed by atoms with Crippen LogP contribution in [0, 0.1) is 27.7 Å². The smallest absolute Gasteiger partial charge is 0.295 e. The van der Waals surface area contributed by atoms with Gasteiger partial charge in [0.25, 0.3) is 5.91 Å². The Morgan fingerprint density at radius 1 is 0.833 bits per heavy atom. The molecule has 1 N–H and O–H groups in total. The summed E-state index contributed by atoms with van der Waals surface area (Å²) in [5.41, 5.74) is 7.05. The minimum absolute atomic E-state index is 0.131. The predicted molar refractivity (Wildman–Crippen MR) is 120 cm³/mol. The SMILES string of the molecule is Cc1cccc(NC(=O)c2nc(-c3cccc(C)c3)n(-c3ccc(C)c(C)c3)n2)c1. The van der Waals surface area contributed by atoms with Crippen LogP contribution in [0.15, 0.2) is 66.7 Å². The number of benzene rings is 3. The van der Waals surface area contributed by atoms with Gasteiger partial charge in [-0.25, -0.2) is 9.67 Å². The van der Waals surface area contributed by atoms with E-state index >= 15 is 0 Å². The highest BCUT2D eigenvalue weighted by Crippen LogP contribution is 2.24. The van der Waals surface area contributed by atoms with Gasteiger partial charge in [-0.05, 0) is 74.7 Å². The maximum atomic E-state index is 12.9. The van der Waals surface area contributed by atoms with Gasteiger partial charge in [-0.15, -0.1) is 5.10 Å². The highest BCUT2D eigenvalue weighted by atomic mass is 16.2. The first-order valence-corrected chi connectivity index (χ1v) is 9.90. The van der Waals surface area contributed by atoms with Crippen molar-refractivity contribution in [3.8, 4) is 17.1 Å². The van der Waals surface area contributed by atoms with E-state index in [-0.39, 0.29) is 11.7 Å². The molecule has 1 heterocycles. The third kappa shape index (κ3) is 4.01. The van der Waals surface area contributed by atoms with Crippen LogP contribution in [0.3, 0.4) is 0 Å². The van der Waals surface area contributed by atoms with Crippen LogP contribution in [0.2, 0.25) is 0 Å². The monoisotopic (exact) mass is 396 g/mol. The van der Waals surface area contributed by atoms with E-state index < -0.39 is 0 Å². The summed E-state index contributed by atoms with van der Waals surface area (Å²) in [5.74, 6) is 0.430. The van der Waals surface area contributed by atoms with Gasteiger partial charge in [0.2, 0.25) is 5.82 Å². The topological polar surface area (TPSA) is 59.8 Å². The summed E-state index contributed by atoms with van der Waals surface area (Å²) in [6.07, 6.45) is 0.